The first kappa shape index (κ1) is 21.0. The number of carbonyl (C=O) groups excluding carboxylic acids is 1. The number of anilines is 1. The first-order chi connectivity index (χ1) is 13.8. The predicted molar refractivity (Wildman–Crippen MR) is 115 cm³/mol. The molecule has 2 aromatic carbocycles. The Morgan fingerprint density at radius 2 is 1.76 bits per heavy atom. The molecule has 0 spiro atoms. The van der Waals surface area contributed by atoms with Gasteiger partial charge >= 0.3 is 0 Å². The highest BCUT2D eigenvalue weighted by molar-refractivity contribution is 7.90. The SMILES string of the molecule is C[C@H](CC(=O)N[C@@H](C)CCc1ccccc1)CC1=NS(=O)(=O)c2ccccc2N1. The molecule has 0 saturated carbocycles. The highest BCUT2D eigenvalue weighted by Crippen LogP contribution is 2.28. The van der Waals surface area contributed by atoms with E-state index >= 15 is 0 Å². The summed E-state index contributed by atoms with van der Waals surface area (Å²) in [5, 5.41) is 6.11. The average molecular weight is 414 g/mol. The number of amides is 1. The zero-order valence-corrected chi connectivity index (χ0v) is 17.6. The van der Waals surface area contributed by atoms with Gasteiger partial charge in [-0.15, -0.1) is 4.40 Å². The molecule has 2 atom stereocenters. The maximum absolute atomic E-state index is 12.4. The van der Waals surface area contributed by atoms with Crippen molar-refractivity contribution < 1.29 is 13.2 Å². The fraction of sp³-hybridized carbons (Fsp3) is 0.364. The van der Waals surface area contributed by atoms with E-state index in [-0.39, 0.29) is 22.8 Å². The van der Waals surface area contributed by atoms with Crippen LogP contribution in [0.1, 0.15) is 38.7 Å². The number of nitrogens with zero attached hydrogens (tertiary/aromatic N) is 1. The molecule has 0 aromatic heterocycles. The van der Waals surface area contributed by atoms with Crippen LogP contribution in [0.4, 0.5) is 5.69 Å². The molecule has 1 aliphatic rings. The Morgan fingerprint density at radius 1 is 1.07 bits per heavy atom. The molecule has 7 heteroatoms. The van der Waals surface area contributed by atoms with Crippen LogP contribution in [0.2, 0.25) is 0 Å². The van der Waals surface area contributed by atoms with Crippen LogP contribution in [0.25, 0.3) is 0 Å². The Kier molecular flexibility index (Phi) is 6.69. The quantitative estimate of drug-likeness (QED) is 0.690. The Hall–Kier alpha value is -2.67. The third-order valence-electron chi connectivity index (χ3n) is 4.87. The summed E-state index contributed by atoms with van der Waals surface area (Å²) in [6.07, 6.45) is 2.49. The van der Waals surface area contributed by atoms with Gasteiger partial charge in [-0.2, -0.15) is 8.42 Å². The molecule has 6 nitrogen and oxygen atoms in total. The fourth-order valence-corrected chi connectivity index (χ4v) is 4.56. The highest BCUT2D eigenvalue weighted by atomic mass is 32.2. The van der Waals surface area contributed by atoms with E-state index in [0.717, 1.165) is 12.8 Å². The molecule has 29 heavy (non-hydrogen) atoms. The van der Waals surface area contributed by atoms with Crippen LogP contribution in [-0.4, -0.2) is 26.2 Å². The molecule has 2 N–H and O–H groups in total. The minimum atomic E-state index is -3.69. The van der Waals surface area contributed by atoms with Crippen LogP contribution < -0.4 is 10.6 Å². The molecule has 1 amide bonds. The zero-order valence-electron chi connectivity index (χ0n) is 16.8. The minimum Gasteiger partial charge on any atom is -0.354 e. The standard InChI is InChI=1S/C22H27N3O3S/c1-16(14-21-24-19-10-6-7-11-20(19)29(27,28)25-21)15-22(26)23-17(2)12-13-18-8-4-3-5-9-18/h3-11,16-17H,12-15H2,1-2H3,(H,23,26)(H,24,25)/t16-,17-/m0/s1. The van der Waals surface area contributed by atoms with E-state index in [9.17, 15) is 13.2 Å². The topological polar surface area (TPSA) is 87.6 Å². The largest absolute Gasteiger partial charge is 0.354 e. The minimum absolute atomic E-state index is 0.0299. The lowest BCUT2D eigenvalue weighted by molar-refractivity contribution is -0.122. The van der Waals surface area contributed by atoms with Crippen molar-refractivity contribution in [2.45, 2.75) is 50.5 Å². The molecule has 0 saturated heterocycles. The number of para-hydroxylation sites is 1. The third kappa shape index (κ3) is 5.90. The number of benzene rings is 2. The van der Waals surface area contributed by atoms with Crippen LogP contribution >= 0.6 is 0 Å². The molecule has 0 radical (unpaired) electrons. The lowest BCUT2D eigenvalue weighted by atomic mass is 10.0. The van der Waals surface area contributed by atoms with E-state index in [1.807, 2.05) is 32.0 Å². The Labute approximate surface area is 172 Å². The lowest BCUT2D eigenvalue weighted by Gasteiger charge is -2.21. The van der Waals surface area contributed by atoms with Gasteiger partial charge in [0.05, 0.1) is 5.69 Å². The van der Waals surface area contributed by atoms with Gasteiger partial charge in [-0.3, -0.25) is 4.79 Å². The van der Waals surface area contributed by atoms with E-state index in [2.05, 4.69) is 27.2 Å². The number of hydrogen-bond donors (Lipinski definition) is 2. The van der Waals surface area contributed by atoms with Gasteiger partial charge in [-0.05, 0) is 43.4 Å². The summed E-state index contributed by atoms with van der Waals surface area (Å²) in [6, 6.07) is 17.0. The summed E-state index contributed by atoms with van der Waals surface area (Å²) in [7, 11) is -3.69. The van der Waals surface area contributed by atoms with Crippen molar-refractivity contribution in [1.29, 1.82) is 0 Å². The number of rotatable bonds is 8. The van der Waals surface area contributed by atoms with Crippen molar-refractivity contribution in [3.8, 4) is 0 Å². The smallest absolute Gasteiger partial charge is 0.286 e. The molecule has 0 bridgehead atoms. The van der Waals surface area contributed by atoms with Crippen LogP contribution in [0.5, 0.6) is 0 Å². The summed E-state index contributed by atoms with van der Waals surface area (Å²) in [5.74, 6) is 0.307. The summed E-state index contributed by atoms with van der Waals surface area (Å²) in [5.41, 5.74) is 1.79. The first-order valence-electron chi connectivity index (χ1n) is 9.86. The second kappa shape index (κ2) is 9.22. The molecular weight excluding hydrogens is 386 g/mol. The van der Waals surface area contributed by atoms with E-state index < -0.39 is 10.0 Å². The number of hydrogen-bond acceptors (Lipinski definition) is 4. The Morgan fingerprint density at radius 3 is 2.52 bits per heavy atom. The number of nitrogens with one attached hydrogen (secondary N) is 2. The van der Waals surface area contributed by atoms with Crippen LogP contribution in [0.15, 0.2) is 63.9 Å². The van der Waals surface area contributed by atoms with Crippen LogP contribution in [0, 0.1) is 5.92 Å². The van der Waals surface area contributed by atoms with Gasteiger partial charge in [0.25, 0.3) is 10.0 Å². The fourth-order valence-electron chi connectivity index (χ4n) is 3.41. The molecule has 0 fully saturated rings. The monoisotopic (exact) mass is 413 g/mol. The molecular formula is C22H27N3O3S. The first-order valence-corrected chi connectivity index (χ1v) is 11.3. The molecule has 154 valence electrons. The molecule has 1 heterocycles. The summed E-state index contributed by atoms with van der Waals surface area (Å²) in [6.45, 7) is 3.92. The molecule has 1 aliphatic heterocycles. The van der Waals surface area contributed by atoms with Crippen LogP contribution in [-0.2, 0) is 21.2 Å². The lowest BCUT2D eigenvalue weighted by Crippen LogP contribution is -2.34. The van der Waals surface area contributed by atoms with Crippen molar-refractivity contribution in [2.24, 2.45) is 10.3 Å². The molecule has 2 aromatic rings. The van der Waals surface area contributed by atoms with E-state index in [4.69, 9.17) is 0 Å². The Bertz CT molecular complexity index is 987. The molecule has 0 unspecified atom stereocenters. The van der Waals surface area contributed by atoms with Gasteiger partial charge in [0.1, 0.15) is 10.7 Å². The van der Waals surface area contributed by atoms with Crippen molar-refractivity contribution >= 4 is 27.5 Å². The highest BCUT2D eigenvalue weighted by Gasteiger charge is 2.25. The molecule has 3 rings (SSSR count). The van der Waals surface area contributed by atoms with Gasteiger partial charge in [0, 0.05) is 18.9 Å². The van der Waals surface area contributed by atoms with Crippen LogP contribution in [0.3, 0.4) is 0 Å². The summed E-state index contributed by atoms with van der Waals surface area (Å²) >= 11 is 0. The zero-order chi connectivity index (χ0) is 20.9. The van der Waals surface area contributed by atoms with Crippen molar-refractivity contribution in [3.63, 3.8) is 0 Å². The van der Waals surface area contributed by atoms with Gasteiger partial charge < -0.3 is 10.6 Å². The second-order valence-electron chi connectivity index (χ2n) is 7.64. The van der Waals surface area contributed by atoms with Crippen molar-refractivity contribution in [1.82, 2.24) is 5.32 Å². The number of fused-ring (bicyclic) bond motifs is 1. The van der Waals surface area contributed by atoms with Crippen molar-refractivity contribution in [3.05, 3.63) is 60.2 Å². The Balaban J connectivity index is 1.48. The summed E-state index contributed by atoms with van der Waals surface area (Å²) < 4.78 is 28.5. The second-order valence-corrected chi connectivity index (χ2v) is 9.21. The number of aryl methyl sites for hydroxylation is 1. The molecule has 0 aliphatic carbocycles. The van der Waals surface area contributed by atoms with Gasteiger partial charge in [-0.25, -0.2) is 0 Å². The predicted octanol–water partition coefficient (Wildman–Crippen LogP) is 3.75. The number of carbonyl (C=O) groups is 1. The normalized spacial score (nSPS) is 16.7. The van der Waals surface area contributed by atoms with Gasteiger partial charge in [-0.1, -0.05) is 49.4 Å². The maximum Gasteiger partial charge on any atom is 0.286 e. The van der Waals surface area contributed by atoms with Crippen molar-refractivity contribution in [2.75, 3.05) is 5.32 Å². The third-order valence-corrected chi connectivity index (χ3v) is 6.24. The van der Waals surface area contributed by atoms with Gasteiger partial charge in [0.2, 0.25) is 5.91 Å². The van der Waals surface area contributed by atoms with E-state index in [0.29, 0.717) is 24.4 Å². The average Bonchev–Trinajstić information content (AvgIpc) is 2.66. The summed E-state index contributed by atoms with van der Waals surface area (Å²) in [4.78, 5) is 12.5. The van der Waals surface area contributed by atoms with E-state index in [1.165, 1.54) is 11.6 Å². The van der Waals surface area contributed by atoms with Gasteiger partial charge in [0.15, 0.2) is 0 Å². The number of amidine groups is 1. The van der Waals surface area contributed by atoms with E-state index in [1.54, 1.807) is 18.2 Å². The maximum atomic E-state index is 12.4. The number of sulfonamides is 1.